The van der Waals surface area contributed by atoms with E-state index in [0.717, 1.165) is 5.75 Å². The van der Waals surface area contributed by atoms with Crippen LogP contribution in [0.3, 0.4) is 0 Å². The summed E-state index contributed by atoms with van der Waals surface area (Å²) in [6, 6.07) is 17.3. The van der Waals surface area contributed by atoms with E-state index in [9.17, 15) is 0 Å². The van der Waals surface area contributed by atoms with E-state index in [1.54, 1.807) is 0 Å². The van der Waals surface area contributed by atoms with Crippen molar-refractivity contribution in [3.8, 4) is 16.9 Å². The van der Waals surface area contributed by atoms with Gasteiger partial charge < -0.3 is 4.74 Å². The molecule has 2 aromatic rings. The first-order valence-electron chi connectivity index (χ1n) is 8.27. The van der Waals surface area contributed by atoms with Crippen molar-refractivity contribution in [2.75, 3.05) is 6.61 Å². The molecule has 1 nitrogen and oxygen atoms in total. The lowest BCUT2D eigenvalue weighted by Gasteiger charge is -2.07. The van der Waals surface area contributed by atoms with Crippen LogP contribution in [0.25, 0.3) is 11.1 Å². The highest BCUT2D eigenvalue weighted by atomic mass is 16.5. The van der Waals surface area contributed by atoms with Gasteiger partial charge in [-0.25, -0.2) is 0 Å². The number of rotatable bonds is 8. The van der Waals surface area contributed by atoms with E-state index in [1.807, 2.05) is 31.2 Å². The fraction of sp³-hybridized carbons (Fsp3) is 0.333. The maximum absolute atomic E-state index is 5.62. The van der Waals surface area contributed by atoms with Crippen LogP contribution in [0.15, 0.2) is 60.7 Å². The summed E-state index contributed by atoms with van der Waals surface area (Å²) < 4.78 is 5.62. The summed E-state index contributed by atoms with van der Waals surface area (Å²) in [5.41, 5.74) is 3.93. The lowest BCUT2D eigenvalue weighted by Crippen LogP contribution is -1.92. The number of hydrogen-bond acceptors (Lipinski definition) is 1. The van der Waals surface area contributed by atoms with Gasteiger partial charge in [-0.05, 0) is 48.6 Å². The van der Waals surface area contributed by atoms with Gasteiger partial charge in [0.2, 0.25) is 0 Å². The summed E-state index contributed by atoms with van der Waals surface area (Å²) in [5, 5.41) is 0. The monoisotopic (exact) mass is 294 g/mol. The van der Waals surface area contributed by atoms with E-state index in [2.05, 4.69) is 43.3 Å². The molecule has 1 heteroatoms. The van der Waals surface area contributed by atoms with Gasteiger partial charge >= 0.3 is 0 Å². The smallest absolute Gasteiger partial charge is 0.119 e. The fourth-order valence-electron chi connectivity index (χ4n) is 2.43. The molecule has 0 atom stereocenters. The number of ether oxygens (including phenoxy) is 1. The molecule has 0 aliphatic rings. The molecule has 0 fully saturated rings. The Morgan fingerprint density at radius 3 is 2.09 bits per heavy atom. The van der Waals surface area contributed by atoms with Crippen molar-refractivity contribution in [3.63, 3.8) is 0 Å². The maximum atomic E-state index is 5.62. The lowest BCUT2D eigenvalue weighted by atomic mass is 10.0. The largest absolute Gasteiger partial charge is 0.490 e. The Balaban J connectivity index is 1.96. The molecule has 0 spiro atoms. The van der Waals surface area contributed by atoms with Crippen molar-refractivity contribution in [3.05, 3.63) is 66.2 Å². The summed E-state index contributed by atoms with van der Waals surface area (Å²) >= 11 is 0. The molecular weight excluding hydrogens is 268 g/mol. The van der Waals surface area contributed by atoms with Gasteiger partial charge in [0.15, 0.2) is 0 Å². The highest BCUT2D eigenvalue weighted by Gasteiger charge is 2.00. The van der Waals surface area contributed by atoms with Crippen molar-refractivity contribution in [1.29, 1.82) is 0 Å². The first-order chi connectivity index (χ1) is 10.8. The Labute approximate surface area is 134 Å². The average Bonchev–Trinajstić information content (AvgIpc) is 2.57. The molecule has 0 unspecified atom stereocenters. The quantitative estimate of drug-likeness (QED) is 0.426. The van der Waals surface area contributed by atoms with E-state index in [4.69, 9.17) is 4.74 Å². The van der Waals surface area contributed by atoms with Crippen molar-refractivity contribution in [2.45, 2.75) is 39.5 Å². The minimum absolute atomic E-state index is 0.627. The molecule has 0 amide bonds. The Morgan fingerprint density at radius 2 is 1.50 bits per heavy atom. The predicted octanol–water partition coefficient (Wildman–Crippen LogP) is 6.04. The zero-order valence-electron chi connectivity index (χ0n) is 13.7. The average molecular weight is 294 g/mol. The molecule has 0 aliphatic heterocycles. The third-order valence-corrected chi connectivity index (χ3v) is 3.79. The van der Waals surface area contributed by atoms with Crippen LogP contribution in [0.5, 0.6) is 5.75 Å². The number of allylic oxidation sites excluding steroid dienone is 1. The Hall–Kier alpha value is -2.02. The third-order valence-electron chi connectivity index (χ3n) is 3.79. The van der Waals surface area contributed by atoms with Crippen molar-refractivity contribution >= 4 is 0 Å². The second-order valence-electron chi connectivity index (χ2n) is 5.56. The van der Waals surface area contributed by atoms with E-state index in [0.29, 0.717) is 6.61 Å². The Bertz CT molecular complexity index is 564. The normalized spacial score (nSPS) is 11.0. The van der Waals surface area contributed by atoms with Gasteiger partial charge in [0, 0.05) is 0 Å². The number of unbranched alkanes of at least 4 members (excludes halogenated alkanes) is 2. The van der Waals surface area contributed by atoms with Crippen molar-refractivity contribution in [2.24, 2.45) is 0 Å². The van der Waals surface area contributed by atoms with Gasteiger partial charge in [0.25, 0.3) is 0 Å². The van der Waals surface area contributed by atoms with E-state index >= 15 is 0 Å². The first-order valence-corrected chi connectivity index (χ1v) is 8.27. The van der Waals surface area contributed by atoms with Crippen molar-refractivity contribution in [1.82, 2.24) is 0 Å². The van der Waals surface area contributed by atoms with Crippen LogP contribution in [0.1, 0.15) is 38.7 Å². The molecule has 2 aromatic carbocycles. The molecule has 116 valence electrons. The van der Waals surface area contributed by atoms with Crippen LogP contribution < -0.4 is 4.74 Å². The first kappa shape index (κ1) is 16.4. The van der Waals surface area contributed by atoms with Gasteiger partial charge in [-0.2, -0.15) is 0 Å². The number of benzene rings is 2. The SMILES string of the molecule is C/C=C/COc1ccc(-c2ccc(CCCCC)cc2)cc1. The summed E-state index contributed by atoms with van der Waals surface area (Å²) in [6.45, 7) is 4.87. The number of aryl methyl sites for hydroxylation is 1. The number of hydrogen-bond donors (Lipinski definition) is 0. The summed E-state index contributed by atoms with van der Waals surface area (Å²) in [4.78, 5) is 0. The Morgan fingerprint density at radius 1 is 0.864 bits per heavy atom. The zero-order valence-corrected chi connectivity index (χ0v) is 13.7. The molecule has 0 radical (unpaired) electrons. The minimum Gasteiger partial charge on any atom is -0.490 e. The summed E-state index contributed by atoms with van der Waals surface area (Å²) in [7, 11) is 0. The van der Waals surface area contributed by atoms with E-state index < -0.39 is 0 Å². The van der Waals surface area contributed by atoms with E-state index in [1.165, 1.54) is 42.4 Å². The maximum Gasteiger partial charge on any atom is 0.119 e. The topological polar surface area (TPSA) is 9.23 Å². The molecule has 22 heavy (non-hydrogen) atoms. The van der Waals surface area contributed by atoms with Crippen LogP contribution in [0.4, 0.5) is 0 Å². The summed E-state index contributed by atoms with van der Waals surface area (Å²) in [6.07, 6.45) is 9.07. The second-order valence-corrected chi connectivity index (χ2v) is 5.56. The van der Waals surface area contributed by atoms with Crippen LogP contribution >= 0.6 is 0 Å². The molecule has 0 saturated carbocycles. The van der Waals surface area contributed by atoms with Crippen LogP contribution in [0.2, 0.25) is 0 Å². The van der Waals surface area contributed by atoms with Crippen LogP contribution in [0, 0.1) is 0 Å². The van der Waals surface area contributed by atoms with Crippen molar-refractivity contribution < 1.29 is 4.74 Å². The molecule has 0 N–H and O–H groups in total. The molecular formula is C21H26O. The Kier molecular flexibility index (Phi) is 6.76. The van der Waals surface area contributed by atoms with E-state index in [-0.39, 0.29) is 0 Å². The third kappa shape index (κ3) is 5.07. The zero-order chi connectivity index (χ0) is 15.6. The van der Waals surface area contributed by atoms with Crippen LogP contribution in [-0.2, 0) is 6.42 Å². The highest BCUT2D eigenvalue weighted by molar-refractivity contribution is 5.64. The second kappa shape index (κ2) is 9.09. The molecule has 2 rings (SSSR count). The minimum atomic E-state index is 0.627. The van der Waals surface area contributed by atoms with Crippen LogP contribution in [-0.4, -0.2) is 6.61 Å². The molecule has 0 bridgehead atoms. The lowest BCUT2D eigenvalue weighted by molar-refractivity contribution is 0.363. The molecule has 0 aliphatic carbocycles. The van der Waals surface area contributed by atoms with Gasteiger partial charge in [-0.1, -0.05) is 68.3 Å². The molecule has 0 aromatic heterocycles. The standard InChI is InChI=1S/C21H26O/c1-3-5-7-8-18-9-11-19(12-10-18)20-13-15-21(16-14-20)22-17-6-4-2/h4,6,9-16H,3,5,7-8,17H2,1-2H3/b6-4+. The molecule has 0 heterocycles. The predicted molar refractivity (Wildman–Crippen MR) is 95.4 cm³/mol. The van der Waals surface area contributed by atoms with Gasteiger partial charge in [-0.3, -0.25) is 0 Å². The molecule has 0 saturated heterocycles. The van der Waals surface area contributed by atoms with Gasteiger partial charge in [-0.15, -0.1) is 0 Å². The van der Waals surface area contributed by atoms with Gasteiger partial charge in [0.05, 0.1) is 0 Å². The summed E-state index contributed by atoms with van der Waals surface area (Å²) in [5.74, 6) is 0.915. The van der Waals surface area contributed by atoms with Gasteiger partial charge in [0.1, 0.15) is 12.4 Å². The fourth-order valence-corrected chi connectivity index (χ4v) is 2.43. The highest BCUT2D eigenvalue weighted by Crippen LogP contribution is 2.23.